The lowest BCUT2D eigenvalue weighted by molar-refractivity contribution is -0.0298. The number of aromatic nitrogens is 4. The first-order valence-electron chi connectivity index (χ1n) is 7.96. The molecular weight excluding hydrogens is 363 g/mol. The molecule has 0 amide bonds. The van der Waals surface area contributed by atoms with Crippen LogP contribution in [0, 0.1) is 0 Å². The molecule has 1 aliphatic rings. The van der Waals surface area contributed by atoms with Gasteiger partial charge in [0.2, 0.25) is 5.95 Å². The molecule has 2 aromatic heterocycles. The Kier molecular flexibility index (Phi) is 4.37. The molecule has 1 saturated heterocycles. The van der Waals surface area contributed by atoms with Gasteiger partial charge in [0.25, 0.3) is 0 Å². The van der Waals surface area contributed by atoms with Gasteiger partial charge in [-0.05, 0) is 31.4 Å². The van der Waals surface area contributed by atoms with E-state index in [2.05, 4.69) is 20.3 Å². The number of ether oxygens (including phenoxy) is 1. The van der Waals surface area contributed by atoms with E-state index < -0.39 is 0 Å². The number of halogens is 2. The molecule has 0 saturated carbocycles. The van der Waals surface area contributed by atoms with Crippen molar-refractivity contribution in [3.63, 3.8) is 0 Å². The van der Waals surface area contributed by atoms with Gasteiger partial charge in [-0.25, -0.2) is 4.98 Å². The molecule has 0 aliphatic carbocycles. The first kappa shape index (κ1) is 16.4. The first-order valence-corrected chi connectivity index (χ1v) is 8.72. The highest BCUT2D eigenvalue weighted by atomic mass is 35.5. The number of nitrogens with zero attached hydrogens (tertiary/aromatic N) is 4. The average molecular weight is 379 g/mol. The number of rotatable bonds is 3. The lowest BCUT2D eigenvalue weighted by atomic mass is 10.2. The van der Waals surface area contributed by atoms with E-state index in [1.54, 1.807) is 24.5 Å². The van der Waals surface area contributed by atoms with Crippen LogP contribution in [0.1, 0.15) is 25.5 Å². The number of nitrogen functional groups attached to an aromatic ring is 1. The van der Waals surface area contributed by atoms with Crippen LogP contribution in [0.5, 0.6) is 0 Å². The largest absolute Gasteiger partial charge is 0.368 e. The normalized spacial score (nSPS) is 17.8. The van der Waals surface area contributed by atoms with Crippen molar-refractivity contribution in [1.82, 2.24) is 19.5 Å². The number of anilines is 3. The van der Waals surface area contributed by atoms with E-state index >= 15 is 0 Å². The van der Waals surface area contributed by atoms with Crippen molar-refractivity contribution in [2.75, 3.05) is 17.7 Å². The maximum absolute atomic E-state index is 6.25. The van der Waals surface area contributed by atoms with Crippen molar-refractivity contribution in [1.29, 1.82) is 0 Å². The van der Waals surface area contributed by atoms with Crippen LogP contribution in [0.4, 0.5) is 17.5 Å². The molecule has 1 unspecified atom stereocenters. The number of hydrogen-bond acceptors (Lipinski definition) is 6. The molecule has 1 atom stereocenters. The van der Waals surface area contributed by atoms with Gasteiger partial charge >= 0.3 is 0 Å². The highest BCUT2D eigenvalue weighted by Gasteiger charge is 2.21. The van der Waals surface area contributed by atoms with Crippen molar-refractivity contribution < 1.29 is 4.74 Å². The van der Waals surface area contributed by atoms with Crippen molar-refractivity contribution in [3.8, 4) is 0 Å². The van der Waals surface area contributed by atoms with E-state index in [1.807, 2.05) is 4.57 Å². The Morgan fingerprint density at radius 2 is 2.12 bits per heavy atom. The number of benzene rings is 1. The van der Waals surface area contributed by atoms with Crippen molar-refractivity contribution >= 4 is 51.8 Å². The van der Waals surface area contributed by atoms with E-state index in [-0.39, 0.29) is 12.2 Å². The summed E-state index contributed by atoms with van der Waals surface area (Å²) >= 11 is 12.3. The van der Waals surface area contributed by atoms with E-state index in [0.717, 1.165) is 25.9 Å². The zero-order valence-electron chi connectivity index (χ0n) is 13.2. The third kappa shape index (κ3) is 3.10. The zero-order valence-corrected chi connectivity index (χ0v) is 14.8. The molecule has 0 spiro atoms. The monoisotopic (exact) mass is 378 g/mol. The number of nitrogens with one attached hydrogen (secondary N) is 1. The maximum atomic E-state index is 6.25. The summed E-state index contributed by atoms with van der Waals surface area (Å²) in [5.74, 6) is 0.618. The Bertz CT molecular complexity index is 922. The second kappa shape index (κ2) is 6.67. The Morgan fingerprint density at radius 3 is 2.92 bits per heavy atom. The number of hydrogen-bond donors (Lipinski definition) is 2. The molecule has 3 aromatic rings. The molecule has 1 fully saturated rings. The van der Waals surface area contributed by atoms with Crippen molar-refractivity contribution in [2.45, 2.75) is 25.5 Å². The number of imidazole rings is 1. The van der Waals surface area contributed by atoms with E-state index in [9.17, 15) is 0 Å². The van der Waals surface area contributed by atoms with Crippen LogP contribution in [-0.2, 0) is 4.74 Å². The summed E-state index contributed by atoms with van der Waals surface area (Å²) in [4.78, 5) is 13.1. The second-order valence-corrected chi connectivity index (χ2v) is 6.59. The summed E-state index contributed by atoms with van der Waals surface area (Å²) in [7, 11) is 0. The molecule has 3 N–H and O–H groups in total. The summed E-state index contributed by atoms with van der Waals surface area (Å²) in [6, 6.07) is 5.32. The number of fused-ring (bicyclic) bond motifs is 1. The van der Waals surface area contributed by atoms with Crippen LogP contribution < -0.4 is 11.1 Å². The van der Waals surface area contributed by atoms with Gasteiger partial charge in [0, 0.05) is 6.61 Å². The maximum Gasteiger partial charge on any atom is 0.224 e. The molecule has 7 nitrogen and oxygen atoms in total. The highest BCUT2D eigenvalue weighted by Crippen LogP contribution is 2.34. The fourth-order valence-electron chi connectivity index (χ4n) is 2.90. The van der Waals surface area contributed by atoms with E-state index in [4.69, 9.17) is 33.7 Å². The summed E-state index contributed by atoms with van der Waals surface area (Å²) < 4.78 is 7.73. The quantitative estimate of drug-likeness (QED) is 0.710. The predicted molar refractivity (Wildman–Crippen MR) is 98.3 cm³/mol. The topological polar surface area (TPSA) is 90.9 Å². The van der Waals surface area contributed by atoms with Gasteiger partial charge in [0.1, 0.15) is 6.23 Å². The number of nitrogens with two attached hydrogens (primary N) is 1. The molecule has 0 radical (unpaired) electrons. The Labute approximate surface area is 154 Å². The summed E-state index contributed by atoms with van der Waals surface area (Å²) in [6.45, 7) is 0.730. The summed E-state index contributed by atoms with van der Waals surface area (Å²) in [5, 5.41) is 4.01. The summed E-state index contributed by atoms with van der Waals surface area (Å²) in [6.07, 6.45) is 4.71. The van der Waals surface area contributed by atoms with Crippen molar-refractivity contribution in [3.05, 3.63) is 34.6 Å². The first-order chi connectivity index (χ1) is 12.1. The van der Waals surface area contributed by atoms with Crippen LogP contribution in [0.3, 0.4) is 0 Å². The molecule has 130 valence electrons. The third-order valence-electron chi connectivity index (χ3n) is 4.11. The lowest BCUT2D eigenvalue weighted by Crippen LogP contribution is -2.18. The third-order valence-corrected chi connectivity index (χ3v) is 4.93. The highest BCUT2D eigenvalue weighted by molar-refractivity contribution is 6.43. The van der Waals surface area contributed by atoms with Crippen molar-refractivity contribution in [2.24, 2.45) is 0 Å². The van der Waals surface area contributed by atoms with Crippen LogP contribution in [0.25, 0.3) is 11.2 Å². The predicted octanol–water partition coefficient (Wildman–Crippen LogP) is 4.16. The molecule has 1 aliphatic heterocycles. The standard InChI is InChI=1S/C16H16Cl2N6O/c17-9-4-3-5-10(12(9)18)21-14-13-15(23-16(19)22-14)24(8-20-13)11-6-1-2-7-25-11/h3-5,8,11H,1-2,6-7H2,(H3,19,21,22,23). The molecular formula is C16H16Cl2N6O. The Morgan fingerprint density at radius 1 is 1.24 bits per heavy atom. The molecule has 3 heterocycles. The van der Waals surface area contributed by atoms with Crippen LogP contribution in [0.15, 0.2) is 24.5 Å². The van der Waals surface area contributed by atoms with Crippen LogP contribution in [0.2, 0.25) is 10.0 Å². The minimum Gasteiger partial charge on any atom is -0.368 e. The van der Waals surface area contributed by atoms with Gasteiger partial charge in [0.05, 0.1) is 22.1 Å². The molecule has 4 rings (SSSR count). The summed E-state index contributed by atoms with van der Waals surface area (Å²) in [5.41, 5.74) is 7.74. The molecule has 1 aromatic carbocycles. The minimum absolute atomic E-state index is 0.0874. The SMILES string of the molecule is Nc1nc(Nc2cccc(Cl)c2Cl)c2ncn(C3CCCCO3)c2n1. The average Bonchev–Trinajstić information content (AvgIpc) is 3.03. The Balaban J connectivity index is 1.77. The fourth-order valence-corrected chi connectivity index (χ4v) is 3.25. The molecule has 9 heteroatoms. The Hall–Kier alpha value is -2.09. The van der Waals surface area contributed by atoms with E-state index in [1.165, 1.54) is 0 Å². The van der Waals surface area contributed by atoms with Crippen LogP contribution in [-0.4, -0.2) is 26.1 Å². The lowest BCUT2D eigenvalue weighted by Gasteiger charge is -2.23. The van der Waals surface area contributed by atoms with Gasteiger partial charge in [0.15, 0.2) is 17.0 Å². The van der Waals surface area contributed by atoms with Gasteiger partial charge < -0.3 is 15.8 Å². The molecule has 0 bridgehead atoms. The van der Waals surface area contributed by atoms with Gasteiger partial charge in [-0.1, -0.05) is 29.3 Å². The van der Waals surface area contributed by atoms with Crippen LogP contribution >= 0.6 is 23.2 Å². The fraction of sp³-hybridized carbons (Fsp3) is 0.312. The second-order valence-electron chi connectivity index (χ2n) is 5.80. The van der Waals surface area contributed by atoms with Gasteiger partial charge in [-0.2, -0.15) is 9.97 Å². The molecule has 25 heavy (non-hydrogen) atoms. The minimum atomic E-state index is -0.0874. The van der Waals surface area contributed by atoms with E-state index in [0.29, 0.717) is 32.7 Å². The zero-order chi connectivity index (χ0) is 17.4. The van der Waals surface area contributed by atoms with Gasteiger partial charge in [-0.15, -0.1) is 0 Å². The smallest absolute Gasteiger partial charge is 0.224 e. The van der Waals surface area contributed by atoms with Gasteiger partial charge in [-0.3, -0.25) is 4.57 Å².